The van der Waals surface area contributed by atoms with Gasteiger partial charge in [-0.3, -0.25) is 4.79 Å². The molecule has 0 aliphatic carbocycles. The van der Waals surface area contributed by atoms with E-state index in [-0.39, 0.29) is 5.91 Å². The highest BCUT2D eigenvalue weighted by molar-refractivity contribution is 6.30. The smallest absolute Gasteiger partial charge is 0.257 e. The van der Waals surface area contributed by atoms with Crippen molar-refractivity contribution in [1.29, 1.82) is 0 Å². The van der Waals surface area contributed by atoms with Crippen LogP contribution in [-0.2, 0) is 0 Å². The first-order chi connectivity index (χ1) is 8.63. The van der Waals surface area contributed by atoms with Gasteiger partial charge in [0.1, 0.15) is 5.75 Å². The third-order valence-electron chi connectivity index (χ3n) is 2.39. The Morgan fingerprint density at radius 1 is 1.28 bits per heavy atom. The molecule has 0 aliphatic heterocycles. The minimum Gasteiger partial charge on any atom is -0.496 e. The fourth-order valence-electron chi connectivity index (χ4n) is 1.53. The molecule has 100 valence electrons. The van der Waals surface area contributed by atoms with Crippen LogP contribution in [0.25, 0.3) is 0 Å². The van der Waals surface area contributed by atoms with Crippen LogP contribution in [-0.4, -0.2) is 42.8 Å². The van der Waals surface area contributed by atoms with Gasteiger partial charge in [-0.1, -0.05) is 11.6 Å². The van der Waals surface area contributed by atoms with Crippen molar-refractivity contribution >= 4 is 40.7 Å². The molecule has 0 aliphatic rings. The van der Waals surface area contributed by atoms with Crippen molar-refractivity contribution in [2.24, 2.45) is 0 Å². The van der Waals surface area contributed by atoms with Crippen LogP contribution in [0.4, 0.5) is 0 Å². The van der Waals surface area contributed by atoms with Crippen LogP contribution in [0.2, 0.25) is 5.02 Å². The van der Waals surface area contributed by atoms with E-state index in [1.165, 1.54) is 7.11 Å². The average molecular weight is 311 g/mol. The Labute approximate surface area is 122 Å². The lowest BCUT2D eigenvalue weighted by molar-refractivity contribution is 0.0771. The van der Waals surface area contributed by atoms with Crippen molar-refractivity contribution in [3.8, 4) is 5.75 Å². The second-order valence-corrected chi connectivity index (χ2v) is 4.71. The summed E-state index contributed by atoms with van der Waals surface area (Å²) in [6, 6.07) is 4.89. The largest absolute Gasteiger partial charge is 0.496 e. The molecular weight excluding hydrogens is 296 g/mol. The van der Waals surface area contributed by atoms with Crippen molar-refractivity contribution in [2.75, 3.05) is 32.0 Å². The van der Waals surface area contributed by atoms with Gasteiger partial charge in [0, 0.05) is 29.9 Å². The molecule has 0 fully saturated rings. The summed E-state index contributed by atoms with van der Waals surface area (Å²) in [5, 5.41) is 0.518. The molecule has 0 heterocycles. The van der Waals surface area contributed by atoms with E-state index >= 15 is 0 Å². The minimum atomic E-state index is -0.162. The van der Waals surface area contributed by atoms with E-state index in [2.05, 4.69) is 0 Å². The Morgan fingerprint density at radius 2 is 1.89 bits per heavy atom. The van der Waals surface area contributed by atoms with Gasteiger partial charge in [0.15, 0.2) is 0 Å². The first-order valence-electron chi connectivity index (χ1n) is 5.38. The standard InChI is InChI=1S/C12H14Cl3NO2/c1-18-11-8-9(15)2-3-10(11)12(17)16(6-4-13)7-5-14/h2-3,8H,4-7H2,1H3. The number of ether oxygens (including phenoxy) is 1. The SMILES string of the molecule is COc1cc(Cl)ccc1C(=O)N(CCCl)CCCl. The van der Waals surface area contributed by atoms with Crippen molar-refractivity contribution < 1.29 is 9.53 Å². The van der Waals surface area contributed by atoms with Gasteiger partial charge in [-0.15, -0.1) is 23.2 Å². The number of carbonyl (C=O) groups excluding carboxylic acids is 1. The summed E-state index contributed by atoms with van der Waals surface area (Å²) in [5.41, 5.74) is 0.456. The summed E-state index contributed by atoms with van der Waals surface area (Å²) >= 11 is 17.2. The van der Waals surface area contributed by atoms with Gasteiger partial charge < -0.3 is 9.64 Å². The Hall–Kier alpha value is -0.640. The molecule has 0 spiro atoms. The summed E-state index contributed by atoms with van der Waals surface area (Å²) in [4.78, 5) is 13.9. The lowest BCUT2D eigenvalue weighted by Crippen LogP contribution is -2.34. The molecule has 18 heavy (non-hydrogen) atoms. The van der Waals surface area contributed by atoms with E-state index in [0.29, 0.717) is 41.2 Å². The molecule has 1 rings (SSSR count). The second kappa shape index (κ2) is 7.72. The number of halogens is 3. The molecule has 6 heteroatoms. The van der Waals surface area contributed by atoms with E-state index in [9.17, 15) is 4.79 Å². The van der Waals surface area contributed by atoms with Gasteiger partial charge in [-0.05, 0) is 18.2 Å². The molecule has 0 unspecified atom stereocenters. The van der Waals surface area contributed by atoms with Gasteiger partial charge in [0.2, 0.25) is 0 Å². The maximum atomic E-state index is 12.3. The Bertz CT molecular complexity index is 406. The maximum absolute atomic E-state index is 12.3. The third kappa shape index (κ3) is 3.94. The zero-order chi connectivity index (χ0) is 13.5. The summed E-state index contributed by atoms with van der Waals surface area (Å²) in [6.45, 7) is 0.887. The number of amides is 1. The topological polar surface area (TPSA) is 29.5 Å². The number of nitrogens with zero attached hydrogens (tertiary/aromatic N) is 1. The van der Waals surface area contributed by atoms with Gasteiger partial charge in [-0.25, -0.2) is 0 Å². The van der Waals surface area contributed by atoms with E-state index < -0.39 is 0 Å². The molecule has 0 saturated carbocycles. The first-order valence-corrected chi connectivity index (χ1v) is 6.83. The summed E-state index contributed by atoms with van der Waals surface area (Å²) in [7, 11) is 1.50. The molecule has 1 aromatic rings. The zero-order valence-electron chi connectivity index (χ0n) is 9.96. The lowest BCUT2D eigenvalue weighted by Gasteiger charge is -2.21. The minimum absolute atomic E-state index is 0.162. The van der Waals surface area contributed by atoms with Gasteiger partial charge in [-0.2, -0.15) is 0 Å². The van der Waals surface area contributed by atoms with Crippen molar-refractivity contribution in [2.45, 2.75) is 0 Å². The summed E-state index contributed by atoms with van der Waals surface area (Å²) in [5.74, 6) is 1.00. The van der Waals surface area contributed by atoms with Crippen molar-refractivity contribution in [1.82, 2.24) is 4.90 Å². The second-order valence-electron chi connectivity index (χ2n) is 3.51. The van der Waals surface area contributed by atoms with Gasteiger partial charge >= 0.3 is 0 Å². The van der Waals surface area contributed by atoms with Gasteiger partial charge in [0.05, 0.1) is 12.7 Å². The molecule has 0 N–H and O–H groups in total. The van der Waals surface area contributed by atoms with Crippen LogP contribution in [0.1, 0.15) is 10.4 Å². The van der Waals surface area contributed by atoms with Crippen LogP contribution in [0, 0.1) is 0 Å². The first kappa shape index (κ1) is 15.4. The molecule has 1 amide bonds. The number of benzene rings is 1. The van der Waals surface area contributed by atoms with Gasteiger partial charge in [0.25, 0.3) is 5.91 Å². The Kier molecular flexibility index (Phi) is 6.61. The van der Waals surface area contributed by atoms with Crippen LogP contribution in [0.15, 0.2) is 18.2 Å². The Morgan fingerprint density at radius 3 is 2.39 bits per heavy atom. The number of rotatable bonds is 6. The number of alkyl halides is 2. The number of hydrogen-bond donors (Lipinski definition) is 0. The molecule has 1 aromatic carbocycles. The lowest BCUT2D eigenvalue weighted by atomic mass is 10.1. The highest BCUT2D eigenvalue weighted by Gasteiger charge is 2.18. The number of carbonyl (C=O) groups is 1. The van der Waals surface area contributed by atoms with Crippen molar-refractivity contribution in [3.05, 3.63) is 28.8 Å². The predicted octanol–water partition coefficient (Wildman–Crippen LogP) is 3.27. The van der Waals surface area contributed by atoms with Crippen LogP contribution in [0.3, 0.4) is 0 Å². The van der Waals surface area contributed by atoms with Crippen LogP contribution >= 0.6 is 34.8 Å². The summed E-state index contributed by atoms with van der Waals surface area (Å²) in [6.07, 6.45) is 0. The molecule has 3 nitrogen and oxygen atoms in total. The monoisotopic (exact) mass is 309 g/mol. The van der Waals surface area contributed by atoms with E-state index in [0.717, 1.165) is 0 Å². The number of methoxy groups -OCH3 is 1. The summed E-state index contributed by atoms with van der Waals surface area (Å²) < 4.78 is 5.16. The molecule has 0 atom stereocenters. The van der Waals surface area contributed by atoms with E-state index in [4.69, 9.17) is 39.5 Å². The maximum Gasteiger partial charge on any atom is 0.257 e. The molecular formula is C12H14Cl3NO2. The fourth-order valence-corrected chi connectivity index (χ4v) is 2.10. The average Bonchev–Trinajstić information content (AvgIpc) is 2.37. The molecule has 0 bridgehead atoms. The molecule has 0 aromatic heterocycles. The van der Waals surface area contributed by atoms with Crippen LogP contribution < -0.4 is 4.74 Å². The van der Waals surface area contributed by atoms with E-state index in [1.54, 1.807) is 23.1 Å². The van der Waals surface area contributed by atoms with E-state index in [1.807, 2.05) is 0 Å². The molecule has 0 radical (unpaired) electrons. The fraction of sp³-hybridized carbons (Fsp3) is 0.417. The highest BCUT2D eigenvalue weighted by Crippen LogP contribution is 2.24. The highest BCUT2D eigenvalue weighted by atomic mass is 35.5. The normalized spacial score (nSPS) is 10.2. The van der Waals surface area contributed by atoms with Crippen molar-refractivity contribution in [3.63, 3.8) is 0 Å². The quantitative estimate of drug-likeness (QED) is 0.755. The third-order valence-corrected chi connectivity index (χ3v) is 2.96. The number of hydrogen-bond acceptors (Lipinski definition) is 2. The zero-order valence-corrected chi connectivity index (χ0v) is 12.2. The molecule has 0 saturated heterocycles. The Balaban J connectivity index is 3.00. The predicted molar refractivity (Wildman–Crippen MR) is 75.3 cm³/mol. The van der Waals surface area contributed by atoms with Crippen LogP contribution in [0.5, 0.6) is 5.75 Å².